The number of nitrogens with one attached hydrogen (secondary N) is 2. The number of thiophene rings is 1. The second-order valence-corrected chi connectivity index (χ2v) is 9.08. The van der Waals surface area contributed by atoms with Crippen molar-refractivity contribution in [3.63, 3.8) is 0 Å². The number of aryl methyl sites for hydroxylation is 1. The molecule has 2 aromatic heterocycles. The molecule has 0 bridgehead atoms. The van der Waals surface area contributed by atoms with E-state index >= 15 is 0 Å². The third kappa shape index (κ3) is 5.75. The van der Waals surface area contributed by atoms with Crippen LogP contribution in [-0.4, -0.2) is 22.8 Å². The van der Waals surface area contributed by atoms with E-state index in [0.29, 0.717) is 18.1 Å². The zero-order chi connectivity index (χ0) is 18.7. The highest BCUT2D eigenvalue weighted by atomic mass is 35.5. The fourth-order valence-electron chi connectivity index (χ4n) is 3.22. The first-order chi connectivity index (χ1) is 12.4. The number of carbonyl (C=O) groups is 2. The molecule has 9 heteroatoms. The van der Waals surface area contributed by atoms with Crippen molar-refractivity contribution in [3.05, 3.63) is 21.9 Å². The fourth-order valence-corrected chi connectivity index (χ4v) is 5.12. The summed E-state index contributed by atoms with van der Waals surface area (Å²) in [5.74, 6) is 0.228. The summed E-state index contributed by atoms with van der Waals surface area (Å²) in [6.45, 7) is 4.03. The first kappa shape index (κ1) is 21.8. The number of hydrogen-bond acceptors (Lipinski definition) is 6. The molecule has 0 spiro atoms. The Balaban J connectivity index is 0.00000261. The van der Waals surface area contributed by atoms with Crippen LogP contribution in [0.4, 0.5) is 5.13 Å². The summed E-state index contributed by atoms with van der Waals surface area (Å²) in [7, 11) is 0. The second-order valence-electron chi connectivity index (χ2n) is 6.71. The Morgan fingerprint density at radius 3 is 2.74 bits per heavy atom. The van der Waals surface area contributed by atoms with Crippen molar-refractivity contribution in [2.45, 2.75) is 52.1 Å². The average molecular weight is 429 g/mol. The van der Waals surface area contributed by atoms with Gasteiger partial charge in [0.2, 0.25) is 11.8 Å². The van der Waals surface area contributed by atoms with Crippen molar-refractivity contribution in [2.24, 2.45) is 11.7 Å². The predicted octanol–water partition coefficient (Wildman–Crippen LogP) is 3.69. The molecule has 3 rings (SSSR count). The minimum atomic E-state index is -0.0447. The standard InChI is InChI=1S/C18H24N4O2S2.ClH/c1-10-17(15-7-6-13(26-15)9-20-11(2)23)22-18(25-10)21-16(24)8-12-4-3-5-14(12)19;/h6-7,12,14H,3-5,8-9,19H2,1-2H3,(H,20,23)(H,21,22,24);1H/t12-,14+;/m0./s1. The summed E-state index contributed by atoms with van der Waals surface area (Å²) in [6.07, 6.45) is 3.62. The molecule has 148 valence electrons. The van der Waals surface area contributed by atoms with Gasteiger partial charge in [-0.15, -0.1) is 35.1 Å². The molecule has 6 nitrogen and oxygen atoms in total. The average Bonchev–Trinajstić information content (AvgIpc) is 3.27. The van der Waals surface area contributed by atoms with Crippen LogP contribution < -0.4 is 16.4 Å². The molecule has 0 aromatic carbocycles. The van der Waals surface area contributed by atoms with Crippen LogP contribution in [0.3, 0.4) is 0 Å². The molecule has 0 radical (unpaired) electrons. The maximum absolute atomic E-state index is 12.3. The van der Waals surface area contributed by atoms with Crippen molar-refractivity contribution in [1.29, 1.82) is 0 Å². The molecule has 27 heavy (non-hydrogen) atoms. The van der Waals surface area contributed by atoms with Crippen LogP contribution in [-0.2, 0) is 16.1 Å². The monoisotopic (exact) mass is 428 g/mol. The molecule has 1 fully saturated rings. The molecule has 4 N–H and O–H groups in total. The number of carbonyl (C=O) groups excluding carboxylic acids is 2. The van der Waals surface area contributed by atoms with Crippen LogP contribution in [0.25, 0.3) is 10.6 Å². The summed E-state index contributed by atoms with van der Waals surface area (Å²) >= 11 is 3.09. The molecule has 0 aliphatic heterocycles. The Hall–Kier alpha value is -1.48. The Kier molecular flexibility index (Phi) is 7.79. The van der Waals surface area contributed by atoms with Gasteiger partial charge in [0.05, 0.1) is 17.1 Å². The second kappa shape index (κ2) is 9.64. The summed E-state index contributed by atoms with van der Waals surface area (Å²) in [5.41, 5.74) is 6.94. The minimum Gasteiger partial charge on any atom is -0.351 e. The van der Waals surface area contributed by atoms with Crippen LogP contribution >= 0.6 is 35.1 Å². The number of hydrogen-bond donors (Lipinski definition) is 3. The molecular weight excluding hydrogens is 404 g/mol. The summed E-state index contributed by atoms with van der Waals surface area (Å²) < 4.78 is 0. The topological polar surface area (TPSA) is 97.1 Å². The summed E-state index contributed by atoms with van der Waals surface area (Å²) in [4.78, 5) is 31.1. The van der Waals surface area contributed by atoms with E-state index in [0.717, 1.165) is 39.6 Å². The van der Waals surface area contributed by atoms with Crippen LogP contribution in [0.2, 0.25) is 0 Å². The molecular formula is C18H25ClN4O2S2. The van der Waals surface area contributed by atoms with Crippen molar-refractivity contribution in [2.75, 3.05) is 5.32 Å². The smallest absolute Gasteiger partial charge is 0.226 e. The number of amides is 2. The number of nitrogens with two attached hydrogens (primary N) is 1. The summed E-state index contributed by atoms with van der Waals surface area (Å²) in [5, 5.41) is 6.36. The van der Waals surface area contributed by atoms with Gasteiger partial charge in [-0.05, 0) is 37.8 Å². The van der Waals surface area contributed by atoms with E-state index in [-0.39, 0.29) is 36.2 Å². The van der Waals surface area contributed by atoms with Crippen molar-refractivity contribution < 1.29 is 9.59 Å². The number of aromatic nitrogens is 1. The normalized spacial score (nSPS) is 18.8. The van der Waals surface area contributed by atoms with Gasteiger partial charge in [0, 0.05) is 29.1 Å². The number of halogens is 1. The van der Waals surface area contributed by atoms with Gasteiger partial charge in [0.25, 0.3) is 0 Å². The van der Waals surface area contributed by atoms with Gasteiger partial charge in [-0.1, -0.05) is 6.42 Å². The van der Waals surface area contributed by atoms with Gasteiger partial charge < -0.3 is 16.4 Å². The fraction of sp³-hybridized carbons (Fsp3) is 0.500. The Morgan fingerprint density at radius 2 is 2.07 bits per heavy atom. The molecule has 0 unspecified atom stereocenters. The Bertz CT molecular complexity index is 805. The molecule has 2 aromatic rings. The van der Waals surface area contributed by atoms with Crippen LogP contribution in [0.5, 0.6) is 0 Å². The Morgan fingerprint density at radius 1 is 1.30 bits per heavy atom. The lowest BCUT2D eigenvalue weighted by atomic mass is 10.00. The van der Waals surface area contributed by atoms with Crippen molar-refractivity contribution in [3.8, 4) is 10.6 Å². The SMILES string of the molecule is CC(=O)NCc1ccc(-c2nc(NC(=O)C[C@@H]3CCC[C@H]3N)sc2C)s1.Cl. The number of nitrogens with zero attached hydrogens (tertiary/aromatic N) is 1. The molecule has 1 saturated carbocycles. The van der Waals surface area contributed by atoms with E-state index in [9.17, 15) is 9.59 Å². The lowest BCUT2D eigenvalue weighted by molar-refractivity contribution is -0.119. The maximum atomic E-state index is 12.3. The van der Waals surface area contributed by atoms with E-state index in [1.807, 2.05) is 19.1 Å². The van der Waals surface area contributed by atoms with Gasteiger partial charge in [-0.25, -0.2) is 4.98 Å². The minimum absolute atomic E-state index is 0. The molecule has 1 aliphatic rings. The van der Waals surface area contributed by atoms with Gasteiger partial charge in [0.1, 0.15) is 0 Å². The van der Waals surface area contributed by atoms with E-state index in [1.54, 1.807) is 11.3 Å². The van der Waals surface area contributed by atoms with Crippen LogP contribution in [0.1, 0.15) is 42.4 Å². The van der Waals surface area contributed by atoms with Gasteiger partial charge in [-0.2, -0.15) is 0 Å². The van der Waals surface area contributed by atoms with E-state index < -0.39 is 0 Å². The first-order valence-corrected chi connectivity index (χ1v) is 10.4. The predicted molar refractivity (Wildman–Crippen MR) is 113 cm³/mol. The zero-order valence-corrected chi connectivity index (χ0v) is 17.9. The van der Waals surface area contributed by atoms with Crippen molar-refractivity contribution in [1.82, 2.24) is 10.3 Å². The van der Waals surface area contributed by atoms with E-state index in [4.69, 9.17) is 5.73 Å². The number of thiazole rings is 1. The van der Waals surface area contributed by atoms with Gasteiger partial charge >= 0.3 is 0 Å². The number of anilines is 1. The van der Waals surface area contributed by atoms with Gasteiger partial charge in [0.15, 0.2) is 5.13 Å². The molecule has 2 atom stereocenters. The quantitative estimate of drug-likeness (QED) is 0.653. The largest absolute Gasteiger partial charge is 0.351 e. The van der Waals surface area contributed by atoms with E-state index in [2.05, 4.69) is 15.6 Å². The third-order valence-corrected chi connectivity index (χ3v) is 6.59. The molecule has 2 amide bonds. The summed E-state index contributed by atoms with van der Waals surface area (Å²) in [6, 6.07) is 4.14. The van der Waals surface area contributed by atoms with Gasteiger partial charge in [-0.3, -0.25) is 9.59 Å². The lowest BCUT2D eigenvalue weighted by Gasteiger charge is -2.13. The van der Waals surface area contributed by atoms with Crippen LogP contribution in [0.15, 0.2) is 12.1 Å². The first-order valence-electron chi connectivity index (χ1n) is 8.78. The van der Waals surface area contributed by atoms with E-state index in [1.165, 1.54) is 18.3 Å². The molecule has 2 heterocycles. The third-order valence-electron chi connectivity index (χ3n) is 4.62. The molecule has 1 aliphatic carbocycles. The number of rotatable bonds is 6. The van der Waals surface area contributed by atoms with Crippen molar-refractivity contribution >= 4 is 52.0 Å². The molecule has 0 saturated heterocycles. The highest BCUT2D eigenvalue weighted by Crippen LogP contribution is 2.35. The Labute approximate surface area is 173 Å². The highest BCUT2D eigenvalue weighted by molar-refractivity contribution is 7.18. The highest BCUT2D eigenvalue weighted by Gasteiger charge is 2.26. The van der Waals surface area contributed by atoms with Crippen LogP contribution in [0, 0.1) is 12.8 Å². The maximum Gasteiger partial charge on any atom is 0.226 e. The lowest BCUT2D eigenvalue weighted by Crippen LogP contribution is -2.28. The zero-order valence-electron chi connectivity index (χ0n) is 15.4.